The predicted octanol–water partition coefficient (Wildman–Crippen LogP) is 1.51. The molecule has 0 saturated carbocycles. The summed E-state index contributed by atoms with van der Waals surface area (Å²) in [6, 6.07) is 0. The second kappa shape index (κ2) is 8.06. The highest BCUT2D eigenvalue weighted by atomic mass is 15.1. The first-order valence-electron chi connectivity index (χ1n) is 7.15. The van der Waals surface area contributed by atoms with Crippen molar-refractivity contribution in [2.45, 2.75) is 26.7 Å². The summed E-state index contributed by atoms with van der Waals surface area (Å²) in [5, 5.41) is 3.53. The molecule has 0 bridgehead atoms. The van der Waals surface area contributed by atoms with Crippen LogP contribution in [0.4, 0.5) is 0 Å². The van der Waals surface area contributed by atoms with Crippen LogP contribution >= 0.6 is 0 Å². The molecular weight excluding hydrogens is 210 g/mol. The third-order valence-electron chi connectivity index (χ3n) is 3.49. The number of rotatable bonds is 7. The lowest BCUT2D eigenvalue weighted by Gasteiger charge is -2.33. The third-order valence-corrected chi connectivity index (χ3v) is 3.49. The smallest absolute Gasteiger partial charge is 0.0107 e. The molecule has 1 fully saturated rings. The van der Waals surface area contributed by atoms with Crippen molar-refractivity contribution >= 4 is 0 Å². The zero-order chi connectivity index (χ0) is 12.7. The molecule has 0 aromatic carbocycles. The van der Waals surface area contributed by atoms with Gasteiger partial charge < -0.3 is 15.1 Å². The number of piperidine rings is 1. The molecule has 0 spiro atoms. The van der Waals surface area contributed by atoms with Crippen molar-refractivity contribution in [3.05, 3.63) is 0 Å². The fraction of sp³-hybridized carbons (Fsp3) is 1.00. The van der Waals surface area contributed by atoms with E-state index in [1.807, 2.05) is 0 Å². The molecule has 1 saturated heterocycles. The van der Waals surface area contributed by atoms with Gasteiger partial charge in [-0.2, -0.15) is 0 Å². The Bertz CT molecular complexity index is 181. The zero-order valence-electron chi connectivity index (χ0n) is 12.2. The molecule has 1 rings (SSSR count). The summed E-state index contributed by atoms with van der Waals surface area (Å²) in [4.78, 5) is 4.93. The molecule has 0 aromatic heterocycles. The second-order valence-electron chi connectivity index (χ2n) is 6.15. The molecule has 0 unspecified atom stereocenters. The maximum Gasteiger partial charge on any atom is 0.0107 e. The van der Waals surface area contributed by atoms with Gasteiger partial charge in [0.15, 0.2) is 0 Å². The molecule has 1 aliphatic heterocycles. The summed E-state index contributed by atoms with van der Waals surface area (Å²) in [7, 11) is 4.37. The van der Waals surface area contributed by atoms with E-state index in [2.05, 4.69) is 43.1 Å². The Morgan fingerprint density at radius 3 is 2.41 bits per heavy atom. The van der Waals surface area contributed by atoms with Gasteiger partial charge in [0.1, 0.15) is 0 Å². The molecule has 1 heterocycles. The molecule has 17 heavy (non-hydrogen) atoms. The summed E-state index contributed by atoms with van der Waals surface area (Å²) < 4.78 is 0. The molecule has 0 aromatic rings. The summed E-state index contributed by atoms with van der Waals surface area (Å²) in [6.07, 6.45) is 2.75. The summed E-state index contributed by atoms with van der Waals surface area (Å²) in [5.41, 5.74) is 0. The maximum absolute atomic E-state index is 3.53. The standard InChI is InChI=1S/C14H31N3/c1-13(2)11-15-7-10-17-8-5-14(6-9-17)12-16(3)4/h13-15H,5-12H2,1-4H3. The fourth-order valence-corrected chi connectivity index (χ4v) is 2.54. The molecule has 0 radical (unpaired) electrons. The number of hydrogen-bond donors (Lipinski definition) is 1. The lowest BCUT2D eigenvalue weighted by Crippen LogP contribution is -2.40. The molecule has 0 aliphatic carbocycles. The van der Waals surface area contributed by atoms with E-state index in [0.29, 0.717) is 0 Å². The van der Waals surface area contributed by atoms with Crippen LogP contribution in [0.3, 0.4) is 0 Å². The number of nitrogens with one attached hydrogen (secondary N) is 1. The van der Waals surface area contributed by atoms with Crippen LogP contribution in [0.15, 0.2) is 0 Å². The minimum Gasteiger partial charge on any atom is -0.315 e. The molecule has 0 amide bonds. The molecule has 0 atom stereocenters. The van der Waals surface area contributed by atoms with E-state index < -0.39 is 0 Å². The second-order valence-corrected chi connectivity index (χ2v) is 6.15. The minimum atomic E-state index is 0.765. The largest absolute Gasteiger partial charge is 0.315 e. The van der Waals surface area contributed by atoms with Crippen LogP contribution in [0.1, 0.15) is 26.7 Å². The van der Waals surface area contributed by atoms with Crippen molar-refractivity contribution in [2.75, 3.05) is 53.4 Å². The Morgan fingerprint density at radius 1 is 1.24 bits per heavy atom. The summed E-state index contributed by atoms with van der Waals surface area (Å²) in [5.74, 6) is 1.69. The van der Waals surface area contributed by atoms with Gasteiger partial charge in [0.2, 0.25) is 0 Å². The number of likely N-dealkylation sites (tertiary alicyclic amines) is 1. The van der Waals surface area contributed by atoms with Crippen molar-refractivity contribution in [2.24, 2.45) is 11.8 Å². The first-order valence-corrected chi connectivity index (χ1v) is 7.15. The van der Waals surface area contributed by atoms with Gasteiger partial charge in [0, 0.05) is 19.6 Å². The molecule has 1 N–H and O–H groups in total. The van der Waals surface area contributed by atoms with E-state index in [-0.39, 0.29) is 0 Å². The SMILES string of the molecule is CC(C)CNCCN1CCC(CN(C)C)CC1. The van der Waals surface area contributed by atoms with Crippen LogP contribution in [0.25, 0.3) is 0 Å². The van der Waals surface area contributed by atoms with E-state index in [9.17, 15) is 0 Å². The summed E-state index contributed by atoms with van der Waals surface area (Å²) >= 11 is 0. The lowest BCUT2D eigenvalue weighted by atomic mass is 9.96. The first kappa shape index (κ1) is 14.9. The topological polar surface area (TPSA) is 18.5 Å². The van der Waals surface area contributed by atoms with Crippen LogP contribution in [0.5, 0.6) is 0 Å². The highest BCUT2D eigenvalue weighted by Gasteiger charge is 2.18. The van der Waals surface area contributed by atoms with Crippen molar-refractivity contribution in [3.63, 3.8) is 0 Å². The van der Waals surface area contributed by atoms with Gasteiger partial charge in [0.05, 0.1) is 0 Å². The quantitative estimate of drug-likeness (QED) is 0.682. The Morgan fingerprint density at radius 2 is 1.88 bits per heavy atom. The molecule has 3 heteroatoms. The lowest BCUT2D eigenvalue weighted by molar-refractivity contribution is 0.163. The van der Waals surface area contributed by atoms with Crippen molar-refractivity contribution in [1.29, 1.82) is 0 Å². The van der Waals surface area contributed by atoms with Gasteiger partial charge in [-0.15, -0.1) is 0 Å². The number of nitrogens with zero attached hydrogens (tertiary/aromatic N) is 2. The zero-order valence-corrected chi connectivity index (χ0v) is 12.2. The van der Waals surface area contributed by atoms with Crippen LogP contribution < -0.4 is 5.32 Å². The van der Waals surface area contributed by atoms with Gasteiger partial charge in [-0.25, -0.2) is 0 Å². The van der Waals surface area contributed by atoms with Gasteiger partial charge in [-0.1, -0.05) is 13.8 Å². The van der Waals surface area contributed by atoms with E-state index in [0.717, 1.165) is 24.9 Å². The van der Waals surface area contributed by atoms with E-state index >= 15 is 0 Å². The van der Waals surface area contributed by atoms with Crippen LogP contribution in [-0.2, 0) is 0 Å². The van der Waals surface area contributed by atoms with Crippen molar-refractivity contribution < 1.29 is 0 Å². The molecular formula is C14H31N3. The summed E-state index contributed by atoms with van der Waals surface area (Å²) in [6.45, 7) is 11.9. The highest BCUT2D eigenvalue weighted by molar-refractivity contribution is 4.74. The van der Waals surface area contributed by atoms with Crippen LogP contribution in [-0.4, -0.2) is 63.2 Å². The van der Waals surface area contributed by atoms with E-state index in [4.69, 9.17) is 0 Å². The Balaban J connectivity index is 2.03. The van der Waals surface area contributed by atoms with Crippen LogP contribution in [0, 0.1) is 11.8 Å². The maximum atomic E-state index is 3.53. The molecule has 1 aliphatic rings. The highest BCUT2D eigenvalue weighted by Crippen LogP contribution is 2.17. The Labute approximate surface area is 108 Å². The average molecular weight is 241 g/mol. The van der Waals surface area contributed by atoms with Gasteiger partial charge in [-0.05, 0) is 58.4 Å². The van der Waals surface area contributed by atoms with E-state index in [1.165, 1.54) is 39.0 Å². The first-order chi connectivity index (χ1) is 8.08. The number of hydrogen-bond acceptors (Lipinski definition) is 3. The van der Waals surface area contributed by atoms with Crippen LogP contribution in [0.2, 0.25) is 0 Å². The Kier molecular flexibility index (Phi) is 7.09. The Hall–Kier alpha value is -0.120. The monoisotopic (exact) mass is 241 g/mol. The van der Waals surface area contributed by atoms with Gasteiger partial charge >= 0.3 is 0 Å². The predicted molar refractivity (Wildman–Crippen MR) is 75.4 cm³/mol. The third kappa shape index (κ3) is 7.02. The van der Waals surface area contributed by atoms with Gasteiger partial charge in [-0.3, -0.25) is 0 Å². The van der Waals surface area contributed by atoms with E-state index in [1.54, 1.807) is 0 Å². The van der Waals surface area contributed by atoms with Crippen molar-refractivity contribution in [3.8, 4) is 0 Å². The molecule has 102 valence electrons. The van der Waals surface area contributed by atoms with Gasteiger partial charge in [0.25, 0.3) is 0 Å². The molecule has 3 nitrogen and oxygen atoms in total. The fourth-order valence-electron chi connectivity index (χ4n) is 2.54. The minimum absolute atomic E-state index is 0.765. The van der Waals surface area contributed by atoms with Crippen molar-refractivity contribution in [1.82, 2.24) is 15.1 Å². The average Bonchev–Trinajstić information content (AvgIpc) is 2.25. The normalized spacial score (nSPS) is 19.4.